The number of aliphatic hydroxyl groups is 2. The average molecular weight is 251 g/mol. The minimum Gasteiger partial charge on any atom is -0.480 e. The smallest absolute Gasteiger partial charge is 0.327 e. The number of carbonyl (C=O) groups excluding carboxylic acids is 1. The van der Waals surface area contributed by atoms with Gasteiger partial charge >= 0.3 is 5.97 Å². The second-order valence-electron chi connectivity index (χ2n) is 3.29. The number of hydrogen-bond donors (Lipinski definition) is 4. The van der Waals surface area contributed by atoms with Crippen LogP contribution in [-0.4, -0.2) is 50.5 Å². The van der Waals surface area contributed by atoms with Gasteiger partial charge < -0.3 is 20.6 Å². The lowest BCUT2D eigenvalue weighted by molar-refractivity contribution is -0.140. The van der Waals surface area contributed by atoms with E-state index >= 15 is 0 Å². The molecule has 0 bridgehead atoms. The lowest BCUT2D eigenvalue weighted by atomic mass is 10.3. The summed E-state index contributed by atoms with van der Waals surface area (Å²) < 4.78 is 0. The Bertz CT molecular complexity index is 248. The number of aliphatic hydroxyl groups excluding tert-OH is 2. The van der Waals surface area contributed by atoms with Crippen molar-refractivity contribution in [2.45, 2.75) is 37.9 Å². The summed E-state index contributed by atoms with van der Waals surface area (Å²) in [5.41, 5.74) is -1.04. The first kappa shape index (κ1) is 15.2. The molecule has 2 unspecified atom stereocenters. The first-order chi connectivity index (χ1) is 7.38. The molecule has 0 aromatic carbocycles. The highest BCUT2D eigenvalue weighted by Gasteiger charge is 2.22. The third-order valence-corrected chi connectivity index (χ3v) is 3.04. The first-order valence-corrected chi connectivity index (χ1v) is 5.91. The molecule has 0 aliphatic rings. The molecule has 0 saturated carbocycles. The topological polar surface area (TPSA) is 107 Å². The lowest BCUT2D eigenvalue weighted by Gasteiger charge is -2.18. The molecule has 4 N–H and O–H groups in total. The Morgan fingerprint density at radius 2 is 1.94 bits per heavy atom. The Hall–Kier alpha value is -0.790. The number of aliphatic carboxylic acids is 1. The normalized spacial score (nSPS) is 16.2. The summed E-state index contributed by atoms with van der Waals surface area (Å²) in [6.45, 7) is 2.93. The number of carboxylic acid groups (broad SMARTS) is 1. The number of amides is 1. The summed E-state index contributed by atoms with van der Waals surface area (Å²) in [6, 6.07) is -1.05. The fraction of sp³-hybridized carbons (Fsp3) is 0.778. The second kappa shape index (κ2) is 7.48. The van der Waals surface area contributed by atoms with Gasteiger partial charge in [0, 0.05) is 12.7 Å². The molecule has 0 aliphatic carbocycles. The maximum Gasteiger partial charge on any atom is 0.327 e. The molecule has 94 valence electrons. The maximum absolute atomic E-state index is 10.7. The number of carbonyl (C=O) groups is 2. The average Bonchev–Trinajstić information content (AvgIpc) is 2.21. The van der Waals surface area contributed by atoms with E-state index < -0.39 is 29.5 Å². The van der Waals surface area contributed by atoms with Crippen molar-refractivity contribution in [3.8, 4) is 0 Å². The minimum absolute atomic E-state index is 0.00708. The van der Waals surface area contributed by atoms with Gasteiger partial charge in [-0.1, -0.05) is 6.92 Å². The summed E-state index contributed by atoms with van der Waals surface area (Å²) in [5.74, 6) is -1.60. The Morgan fingerprint density at radius 1 is 1.38 bits per heavy atom. The van der Waals surface area contributed by atoms with Crippen molar-refractivity contribution in [2.24, 2.45) is 0 Å². The van der Waals surface area contributed by atoms with Crippen LogP contribution < -0.4 is 5.32 Å². The molecule has 0 aromatic heterocycles. The fourth-order valence-corrected chi connectivity index (χ4v) is 1.96. The van der Waals surface area contributed by atoms with Crippen LogP contribution >= 0.6 is 11.8 Å². The van der Waals surface area contributed by atoms with Crippen LogP contribution in [0.4, 0.5) is 0 Å². The highest BCUT2D eigenvalue weighted by molar-refractivity contribution is 7.99. The van der Waals surface area contributed by atoms with Crippen LogP contribution in [0.15, 0.2) is 0 Å². The van der Waals surface area contributed by atoms with Crippen LogP contribution in [-0.2, 0) is 9.59 Å². The maximum atomic E-state index is 10.7. The molecule has 7 heteroatoms. The molecule has 0 saturated heterocycles. The molecule has 0 aromatic rings. The van der Waals surface area contributed by atoms with E-state index in [0.717, 1.165) is 11.8 Å². The summed E-state index contributed by atoms with van der Waals surface area (Å²) in [4.78, 5) is 21.4. The van der Waals surface area contributed by atoms with Crippen LogP contribution in [0, 0.1) is 0 Å². The SMILES string of the molecule is CCC(O)C(O)SC[C@H](NC(C)=O)C(=O)O. The van der Waals surface area contributed by atoms with Crippen molar-refractivity contribution in [1.29, 1.82) is 0 Å². The van der Waals surface area contributed by atoms with E-state index in [9.17, 15) is 19.8 Å². The van der Waals surface area contributed by atoms with E-state index in [2.05, 4.69) is 5.32 Å². The van der Waals surface area contributed by atoms with Gasteiger partial charge in [-0.3, -0.25) is 4.79 Å². The Labute approximate surface area is 98.0 Å². The molecule has 3 atom stereocenters. The van der Waals surface area contributed by atoms with Crippen molar-refractivity contribution in [2.75, 3.05) is 5.75 Å². The molecular formula is C9H17NO5S. The standard InChI is InChI=1S/C9H17NO5S/c1-3-7(12)9(15)16-4-6(8(13)14)10-5(2)11/h6-7,9,12,15H,3-4H2,1-2H3,(H,10,11)(H,13,14)/t6-,7?,9?/m0/s1. The van der Waals surface area contributed by atoms with Crippen molar-refractivity contribution in [1.82, 2.24) is 5.32 Å². The predicted molar refractivity (Wildman–Crippen MR) is 60.0 cm³/mol. The van der Waals surface area contributed by atoms with E-state index in [1.165, 1.54) is 6.92 Å². The number of hydrogen-bond acceptors (Lipinski definition) is 5. The van der Waals surface area contributed by atoms with Crippen molar-refractivity contribution < 1.29 is 24.9 Å². The summed E-state index contributed by atoms with van der Waals surface area (Å²) in [7, 11) is 0. The van der Waals surface area contributed by atoms with E-state index in [1.54, 1.807) is 6.92 Å². The Morgan fingerprint density at radius 3 is 2.31 bits per heavy atom. The number of carboxylic acids is 1. The van der Waals surface area contributed by atoms with Crippen LogP contribution in [0.1, 0.15) is 20.3 Å². The lowest BCUT2D eigenvalue weighted by Crippen LogP contribution is -2.42. The molecule has 1 amide bonds. The van der Waals surface area contributed by atoms with E-state index in [0.29, 0.717) is 6.42 Å². The van der Waals surface area contributed by atoms with Gasteiger partial charge in [0.05, 0.1) is 6.10 Å². The molecule has 0 rings (SSSR count). The van der Waals surface area contributed by atoms with Gasteiger partial charge in [0.2, 0.25) is 5.91 Å². The predicted octanol–water partition coefficient (Wildman–Crippen LogP) is -0.602. The van der Waals surface area contributed by atoms with Crippen LogP contribution in [0.2, 0.25) is 0 Å². The summed E-state index contributed by atoms with van der Waals surface area (Å²) in [5, 5.41) is 29.6. The van der Waals surface area contributed by atoms with Gasteiger partial charge in [-0.05, 0) is 6.42 Å². The van der Waals surface area contributed by atoms with Gasteiger partial charge in [-0.25, -0.2) is 4.79 Å². The minimum atomic E-state index is -1.17. The molecule has 0 radical (unpaired) electrons. The summed E-state index contributed by atoms with van der Waals surface area (Å²) >= 11 is 0.897. The van der Waals surface area contributed by atoms with Crippen LogP contribution in [0.25, 0.3) is 0 Å². The third-order valence-electron chi connectivity index (χ3n) is 1.86. The first-order valence-electron chi connectivity index (χ1n) is 4.86. The highest BCUT2D eigenvalue weighted by Crippen LogP contribution is 2.15. The zero-order valence-electron chi connectivity index (χ0n) is 9.21. The number of thioether (sulfide) groups is 1. The zero-order chi connectivity index (χ0) is 12.7. The van der Waals surface area contributed by atoms with Gasteiger partial charge in [0.1, 0.15) is 11.5 Å². The van der Waals surface area contributed by atoms with E-state index in [-0.39, 0.29) is 5.75 Å². The third kappa shape index (κ3) is 5.94. The van der Waals surface area contributed by atoms with Crippen molar-refractivity contribution in [3.63, 3.8) is 0 Å². The number of nitrogens with one attached hydrogen (secondary N) is 1. The molecule has 0 spiro atoms. The molecular weight excluding hydrogens is 234 g/mol. The van der Waals surface area contributed by atoms with Crippen molar-refractivity contribution in [3.05, 3.63) is 0 Å². The van der Waals surface area contributed by atoms with Crippen LogP contribution in [0.3, 0.4) is 0 Å². The highest BCUT2D eigenvalue weighted by atomic mass is 32.2. The quantitative estimate of drug-likeness (QED) is 0.450. The largest absolute Gasteiger partial charge is 0.480 e. The zero-order valence-corrected chi connectivity index (χ0v) is 10.0. The van der Waals surface area contributed by atoms with Crippen molar-refractivity contribution >= 4 is 23.6 Å². The van der Waals surface area contributed by atoms with Crippen LogP contribution in [0.5, 0.6) is 0 Å². The second-order valence-corrected chi connectivity index (χ2v) is 4.44. The number of rotatable bonds is 7. The molecule has 16 heavy (non-hydrogen) atoms. The van der Waals surface area contributed by atoms with Gasteiger partial charge in [-0.15, -0.1) is 11.8 Å². The van der Waals surface area contributed by atoms with E-state index in [1.807, 2.05) is 0 Å². The summed E-state index contributed by atoms with van der Waals surface area (Å²) in [6.07, 6.45) is -0.511. The Balaban J connectivity index is 4.11. The molecule has 6 nitrogen and oxygen atoms in total. The molecule has 0 heterocycles. The fourth-order valence-electron chi connectivity index (χ4n) is 0.928. The van der Waals surface area contributed by atoms with Gasteiger partial charge in [-0.2, -0.15) is 0 Å². The molecule has 0 aliphatic heterocycles. The molecule has 0 fully saturated rings. The monoisotopic (exact) mass is 251 g/mol. The van der Waals surface area contributed by atoms with Gasteiger partial charge in [0.15, 0.2) is 0 Å². The van der Waals surface area contributed by atoms with Gasteiger partial charge in [0.25, 0.3) is 0 Å². The van der Waals surface area contributed by atoms with E-state index in [4.69, 9.17) is 5.11 Å². The Kier molecular flexibility index (Phi) is 7.11.